The number of benzene rings is 1. The minimum Gasteiger partial charge on any atom is -0.399 e. The number of hydrogen-bond acceptors (Lipinski definition) is 2. The van der Waals surface area contributed by atoms with Crippen molar-refractivity contribution in [1.82, 2.24) is 4.90 Å². The van der Waals surface area contributed by atoms with E-state index in [0.717, 1.165) is 31.5 Å². The van der Waals surface area contributed by atoms with Crippen molar-refractivity contribution in [3.63, 3.8) is 0 Å². The number of nitrogens with zero attached hydrogens (tertiary/aromatic N) is 1. The van der Waals surface area contributed by atoms with Crippen LogP contribution in [0.3, 0.4) is 0 Å². The van der Waals surface area contributed by atoms with E-state index in [-0.39, 0.29) is 11.4 Å². The Labute approximate surface area is 109 Å². The molecule has 1 aromatic rings. The molecule has 2 N–H and O–H groups in total. The molecule has 98 valence electrons. The molecule has 1 aliphatic rings. The summed E-state index contributed by atoms with van der Waals surface area (Å²) in [5.41, 5.74) is 7.63. The van der Waals surface area contributed by atoms with Crippen molar-refractivity contribution in [3.8, 4) is 0 Å². The van der Waals surface area contributed by atoms with Gasteiger partial charge in [0.05, 0.1) is 0 Å². The van der Waals surface area contributed by atoms with Crippen molar-refractivity contribution in [1.29, 1.82) is 0 Å². The molecule has 0 spiro atoms. The molecule has 1 saturated heterocycles. The topological polar surface area (TPSA) is 46.3 Å². The van der Waals surface area contributed by atoms with Gasteiger partial charge in [0.25, 0.3) is 0 Å². The van der Waals surface area contributed by atoms with Gasteiger partial charge in [-0.25, -0.2) is 0 Å². The van der Waals surface area contributed by atoms with Gasteiger partial charge >= 0.3 is 0 Å². The number of carbonyl (C=O) groups is 1. The van der Waals surface area contributed by atoms with Crippen LogP contribution in [0.25, 0.3) is 0 Å². The highest BCUT2D eigenvalue weighted by Crippen LogP contribution is 2.28. The van der Waals surface area contributed by atoms with Gasteiger partial charge in [0, 0.05) is 24.2 Å². The van der Waals surface area contributed by atoms with E-state index < -0.39 is 0 Å². The molecule has 18 heavy (non-hydrogen) atoms. The molecule has 3 nitrogen and oxygen atoms in total. The predicted molar refractivity (Wildman–Crippen MR) is 74.2 cm³/mol. The van der Waals surface area contributed by atoms with Gasteiger partial charge in [-0.2, -0.15) is 0 Å². The molecule has 0 aromatic heterocycles. The number of carbonyl (C=O) groups excluding carboxylic acids is 1. The Hall–Kier alpha value is -1.51. The Morgan fingerprint density at radius 3 is 2.56 bits per heavy atom. The third kappa shape index (κ3) is 2.84. The van der Waals surface area contributed by atoms with Crippen LogP contribution in [0, 0.1) is 0 Å². The van der Waals surface area contributed by atoms with Gasteiger partial charge in [-0.1, -0.05) is 12.1 Å². The van der Waals surface area contributed by atoms with Gasteiger partial charge in [0.2, 0.25) is 5.91 Å². The lowest BCUT2D eigenvalue weighted by molar-refractivity contribution is -0.134. The second-order valence-corrected chi connectivity index (χ2v) is 5.70. The first-order chi connectivity index (χ1) is 8.49. The van der Waals surface area contributed by atoms with E-state index in [1.54, 1.807) is 0 Å². The summed E-state index contributed by atoms with van der Waals surface area (Å²) in [5, 5.41) is 0. The molecule has 1 fully saturated rings. The first-order valence-corrected chi connectivity index (χ1v) is 6.64. The lowest BCUT2D eigenvalue weighted by Crippen LogP contribution is -2.42. The minimum atomic E-state index is 0.0399. The van der Waals surface area contributed by atoms with E-state index in [1.165, 1.54) is 5.56 Å². The quantitative estimate of drug-likeness (QED) is 0.833. The van der Waals surface area contributed by atoms with Crippen LogP contribution in [0.5, 0.6) is 0 Å². The molecule has 0 atom stereocenters. The molecule has 0 unspecified atom stereocenters. The third-order valence-electron chi connectivity index (χ3n) is 3.81. The van der Waals surface area contributed by atoms with Gasteiger partial charge in [0.15, 0.2) is 0 Å². The molecular weight excluding hydrogens is 224 g/mol. The van der Waals surface area contributed by atoms with Crippen LogP contribution < -0.4 is 5.73 Å². The van der Waals surface area contributed by atoms with Gasteiger partial charge < -0.3 is 10.6 Å². The van der Waals surface area contributed by atoms with E-state index in [4.69, 9.17) is 5.73 Å². The lowest BCUT2D eigenvalue weighted by atomic mass is 10.0. The monoisotopic (exact) mass is 246 g/mol. The maximum Gasteiger partial charge on any atom is 0.223 e. The Morgan fingerprint density at radius 1 is 1.33 bits per heavy atom. The Bertz CT molecular complexity index is 423. The van der Waals surface area contributed by atoms with Crippen LogP contribution in [-0.4, -0.2) is 22.9 Å². The molecule has 1 amide bonds. The number of aryl methyl sites for hydroxylation is 1. The van der Waals surface area contributed by atoms with E-state index in [9.17, 15) is 4.79 Å². The Kier molecular flexibility index (Phi) is 3.60. The first-order valence-electron chi connectivity index (χ1n) is 6.64. The van der Waals surface area contributed by atoms with Crippen molar-refractivity contribution in [2.75, 3.05) is 12.3 Å². The predicted octanol–water partition coefficient (Wildman–Crippen LogP) is 2.60. The number of amides is 1. The zero-order chi connectivity index (χ0) is 13.2. The number of rotatable bonds is 3. The summed E-state index contributed by atoms with van der Waals surface area (Å²) in [4.78, 5) is 14.2. The summed E-state index contributed by atoms with van der Waals surface area (Å²) >= 11 is 0. The van der Waals surface area contributed by atoms with E-state index >= 15 is 0 Å². The van der Waals surface area contributed by atoms with E-state index in [1.807, 2.05) is 29.2 Å². The number of nitrogens with two attached hydrogens (primary N) is 1. The molecule has 0 radical (unpaired) electrons. The lowest BCUT2D eigenvalue weighted by Gasteiger charge is -2.31. The van der Waals surface area contributed by atoms with Gasteiger partial charge in [-0.3, -0.25) is 4.79 Å². The smallest absolute Gasteiger partial charge is 0.223 e. The normalized spacial score (nSPS) is 18.0. The van der Waals surface area contributed by atoms with Crippen LogP contribution in [0.4, 0.5) is 5.69 Å². The Balaban J connectivity index is 1.90. The van der Waals surface area contributed by atoms with Crippen LogP contribution in [0.15, 0.2) is 24.3 Å². The highest BCUT2D eigenvalue weighted by molar-refractivity contribution is 5.77. The fraction of sp³-hybridized carbons (Fsp3) is 0.533. The molecule has 1 aromatic carbocycles. The standard InChI is InChI=1S/C15H22N2O/c1-15(2)10-3-11-17(15)14(18)9-6-12-4-7-13(16)8-5-12/h4-5,7-8H,3,6,9-11,16H2,1-2H3. The van der Waals surface area contributed by atoms with Gasteiger partial charge in [0.1, 0.15) is 0 Å². The zero-order valence-electron chi connectivity index (χ0n) is 11.3. The molecule has 0 bridgehead atoms. The maximum absolute atomic E-state index is 12.2. The molecular formula is C15H22N2O. The van der Waals surface area contributed by atoms with Crippen LogP contribution in [-0.2, 0) is 11.2 Å². The van der Waals surface area contributed by atoms with Crippen molar-refractivity contribution in [3.05, 3.63) is 29.8 Å². The fourth-order valence-electron chi connectivity index (χ4n) is 2.64. The van der Waals surface area contributed by atoms with Gasteiger partial charge in [-0.05, 0) is 50.8 Å². The summed E-state index contributed by atoms with van der Waals surface area (Å²) in [6, 6.07) is 7.77. The van der Waals surface area contributed by atoms with Crippen molar-refractivity contribution < 1.29 is 4.79 Å². The number of hydrogen-bond donors (Lipinski definition) is 1. The SMILES string of the molecule is CC1(C)CCCN1C(=O)CCc1ccc(N)cc1. The number of nitrogen functional groups attached to an aromatic ring is 1. The van der Waals surface area contributed by atoms with E-state index in [2.05, 4.69) is 13.8 Å². The average Bonchev–Trinajstić information content (AvgIpc) is 2.68. The highest BCUT2D eigenvalue weighted by atomic mass is 16.2. The summed E-state index contributed by atoms with van der Waals surface area (Å²) in [6.07, 6.45) is 3.63. The minimum absolute atomic E-state index is 0.0399. The number of likely N-dealkylation sites (tertiary alicyclic amines) is 1. The van der Waals surface area contributed by atoms with Crippen molar-refractivity contribution >= 4 is 11.6 Å². The van der Waals surface area contributed by atoms with Crippen molar-refractivity contribution in [2.45, 2.75) is 45.1 Å². The number of anilines is 1. The molecule has 1 heterocycles. The molecule has 3 heteroatoms. The second-order valence-electron chi connectivity index (χ2n) is 5.70. The Morgan fingerprint density at radius 2 is 2.00 bits per heavy atom. The largest absolute Gasteiger partial charge is 0.399 e. The van der Waals surface area contributed by atoms with Crippen LogP contribution >= 0.6 is 0 Å². The molecule has 2 rings (SSSR count). The highest BCUT2D eigenvalue weighted by Gasteiger charge is 2.34. The molecule has 0 saturated carbocycles. The molecule has 0 aliphatic carbocycles. The van der Waals surface area contributed by atoms with Crippen LogP contribution in [0.2, 0.25) is 0 Å². The van der Waals surface area contributed by atoms with Crippen molar-refractivity contribution in [2.24, 2.45) is 0 Å². The fourth-order valence-corrected chi connectivity index (χ4v) is 2.64. The summed E-state index contributed by atoms with van der Waals surface area (Å²) in [5.74, 6) is 0.273. The first kappa shape index (κ1) is 12.9. The third-order valence-corrected chi connectivity index (χ3v) is 3.81. The average molecular weight is 246 g/mol. The summed E-state index contributed by atoms with van der Waals surface area (Å²) < 4.78 is 0. The van der Waals surface area contributed by atoms with Crippen LogP contribution in [0.1, 0.15) is 38.7 Å². The second kappa shape index (κ2) is 5.01. The zero-order valence-corrected chi connectivity index (χ0v) is 11.3. The summed E-state index contributed by atoms with van der Waals surface area (Å²) in [6.45, 7) is 5.22. The maximum atomic E-state index is 12.2. The summed E-state index contributed by atoms with van der Waals surface area (Å²) in [7, 11) is 0. The molecule has 1 aliphatic heterocycles. The van der Waals surface area contributed by atoms with E-state index in [0.29, 0.717) is 6.42 Å². The van der Waals surface area contributed by atoms with Gasteiger partial charge in [-0.15, -0.1) is 0 Å².